The lowest BCUT2D eigenvalue weighted by atomic mass is 10.2. The molecule has 0 aliphatic heterocycles. The normalized spacial score (nSPS) is 13.1. The van der Waals surface area contributed by atoms with Crippen LogP contribution < -0.4 is 0 Å². The zero-order valence-corrected chi connectivity index (χ0v) is 12.2. The van der Waals surface area contributed by atoms with Crippen molar-refractivity contribution in [2.45, 2.75) is 20.4 Å². The number of carbonyl (C=O) groups is 1. The third kappa shape index (κ3) is 3.54. The van der Waals surface area contributed by atoms with Gasteiger partial charge in [-0.25, -0.2) is 0 Å². The van der Waals surface area contributed by atoms with E-state index in [4.69, 9.17) is 5.11 Å². The van der Waals surface area contributed by atoms with Gasteiger partial charge >= 0.3 is 5.97 Å². The summed E-state index contributed by atoms with van der Waals surface area (Å²) >= 11 is 3.50. The number of aromatic nitrogens is 2. The number of carboxylic acid groups (broad SMARTS) is 1. The van der Waals surface area contributed by atoms with Gasteiger partial charge in [-0.15, -0.1) is 0 Å². The van der Waals surface area contributed by atoms with Gasteiger partial charge in [0.2, 0.25) is 0 Å². The highest BCUT2D eigenvalue weighted by atomic mass is 79.9. The second-order valence-electron chi connectivity index (χ2n) is 4.41. The first-order valence-corrected chi connectivity index (χ1v) is 6.21. The number of aliphatic carboxylic acids is 1. The molecule has 0 saturated carbocycles. The summed E-state index contributed by atoms with van der Waals surface area (Å²) in [6.07, 6.45) is 0. The third-order valence-electron chi connectivity index (χ3n) is 2.69. The summed E-state index contributed by atoms with van der Waals surface area (Å²) in [5.41, 5.74) is 2.00. The number of halogens is 1. The molecule has 1 heterocycles. The van der Waals surface area contributed by atoms with E-state index in [0.717, 1.165) is 15.9 Å². The van der Waals surface area contributed by atoms with Crippen LogP contribution in [0.1, 0.15) is 18.3 Å². The SMILES string of the molecule is Cc1nn(C)c(CN(C)CC(C)C(=O)O)c1Br. The Hall–Kier alpha value is -0.880. The average Bonchev–Trinajstić information content (AvgIpc) is 2.45. The molecule has 0 bridgehead atoms. The van der Waals surface area contributed by atoms with Crippen molar-refractivity contribution >= 4 is 21.9 Å². The van der Waals surface area contributed by atoms with Crippen LogP contribution in [0.4, 0.5) is 0 Å². The fourth-order valence-electron chi connectivity index (χ4n) is 1.72. The molecule has 1 rings (SSSR count). The lowest BCUT2D eigenvalue weighted by Gasteiger charge is -2.19. The average molecular weight is 304 g/mol. The van der Waals surface area contributed by atoms with Crippen molar-refractivity contribution < 1.29 is 9.90 Å². The van der Waals surface area contributed by atoms with Crippen molar-refractivity contribution in [1.29, 1.82) is 0 Å². The summed E-state index contributed by atoms with van der Waals surface area (Å²) in [5.74, 6) is -1.13. The van der Waals surface area contributed by atoms with Crippen LogP contribution in [0.3, 0.4) is 0 Å². The summed E-state index contributed by atoms with van der Waals surface area (Å²) in [4.78, 5) is 12.8. The molecule has 17 heavy (non-hydrogen) atoms. The Bertz CT molecular complexity index is 417. The molecule has 1 unspecified atom stereocenters. The predicted molar refractivity (Wildman–Crippen MR) is 68.8 cm³/mol. The van der Waals surface area contributed by atoms with Crippen molar-refractivity contribution in [1.82, 2.24) is 14.7 Å². The highest BCUT2D eigenvalue weighted by Crippen LogP contribution is 2.21. The van der Waals surface area contributed by atoms with E-state index in [9.17, 15) is 4.79 Å². The van der Waals surface area contributed by atoms with Crippen LogP contribution in [0, 0.1) is 12.8 Å². The van der Waals surface area contributed by atoms with Crippen LogP contribution in [-0.4, -0.2) is 39.3 Å². The number of hydrogen-bond acceptors (Lipinski definition) is 3. The maximum atomic E-state index is 10.8. The Morgan fingerprint density at radius 2 is 2.24 bits per heavy atom. The van der Waals surface area contributed by atoms with E-state index < -0.39 is 5.97 Å². The van der Waals surface area contributed by atoms with E-state index in [2.05, 4.69) is 21.0 Å². The fourth-order valence-corrected chi connectivity index (χ4v) is 2.18. The quantitative estimate of drug-likeness (QED) is 0.898. The lowest BCUT2D eigenvalue weighted by molar-refractivity contribution is -0.141. The van der Waals surface area contributed by atoms with Gasteiger partial charge in [0.15, 0.2) is 0 Å². The maximum Gasteiger partial charge on any atom is 0.307 e. The second kappa shape index (κ2) is 5.64. The third-order valence-corrected chi connectivity index (χ3v) is 3.72. The lowest BCUT2D eigenvalue weighted by Crippen LogP contribution is -2.29. The molecule has 1 aromatic rings. The molecule has 0 aliphatic rings. The van der Waals surface area contributed by atoms with Gasteiger partial charge in [0.05, 0.1) is 21.8 Å². The van der Waals surface area contributed by atoms with Gasteiger partial charge in [0.25, 0.3) is 0 Å². The highest BCUT2D eigenvalue weighted by Gasteiger charge is 2.17. The largest absolute Gasteiger partial charge is 0.481 e. The standard InChI is InChI=1S/C11H18BrN3O2/c1-7(11(16)17)5-14(3)6-9-10(12)8(2)13-15(9)4/h7H,5-6H2,1-4H3,(H,16,17). The molecule has 1 N–H and O–H groups in total. The minimum Gasteiger partial charge on any atom is -0.481 e. The molecular formula is C11H18BrN3O2. The van der Waals surface area contributed by atoms with E-state index >= 15 is 0 Å². The van der Waals surface area contributed by atoms with Crippen molar-refractivity contribution in [3.8, 4) is 0 Å². The van der Waals surface area contributed by atoms with Crippen LogP contribution in [0.2, 0.25) is 0 Å². The van der Waals surface area contributed by atoms with E-state index in [1.807, 2.05) is 30.6 Å². The molecule has 0 radical (unpaired) electrons. The van der Waals surface area contributed by atoms with Crippen LogP contribution in [-0.2, 0) is 18.4 Å². The molecule has 6 heteroatoms. The monoisotopic (exact) mass is 303 g/mol. The number of nitrogens with zero attached hydrogens (tertiary/aromatic N) is 3. The molecule has 1 aromatic heterocycles. The van der Waals surface area contributed by atoms with Crippen LogP contribution in [0.25, 0.3) is 0 Å². The zero-order valence-electron chi connectivity index (χ0n) is 10.6. The summed E-state index contributed by atoms with van der Waals surface area (Å²) in [7, 11) is 3.80. The Balaban J connectivity index is 2.68. The number of rotatable bonds is 5. The Kier molecular flexibility index (Phi) is 4.70. The number of hydrogen-bond donors (Lipinski definition) is 1. The molecule has 0 aliphatic carbocycles. The molecule has 0 fully saturated rings. The molecule has 0 spiro atoms. The Morgan fingerprint density at radius 1 is 1.65 bits per heavy atom. The van der Waals surface area contributed by atoms with Crippen molar-refractivity contribution in [3.63, 3.8) is 0 Å². The number of aryl methyl sites for hydroxylation is 2. The van der Waals surface area contributed by atoms with Crippen LogP contribution in [0.15, 0.2) is 4.47 Å². The predicted octanol–water partition coefficient (Wildman–Crippen LogP) is 1.64. The van der Waals surface area contributed by atoms with Crippen molar-refractivity contribution in [3.05, 3.63) is 15.9 Å². The molecule has 0 amide bonds. The van der Waals surface area contributed by atoms with Gasteiger partial charge in [-0.1, -0.05) is 6.92 Å². The molecule has 0 saturated heterocycles. The smallest absolute Gasteiger partial charge is 0.307 e. The van der Waals surface area contributed by atoms with E-state index in [1.54, 1.807) is 6.92 Å². The number of carboxylic acids is 1. The second-order valence-corrected chi connectivity index (χ2v) is 5.20. The molecule has 0 aromatic carbocycles. The van der Waals surface area contributed by atoms with Gasteiger partial charge in [0, 0.05) is 20.1 Å². The molecule has 5 nitrogen and oxygen atoms in total. The first-order valence-electron chi connectivity index (χ1n) is 5.42. The van der Waals surface area contributed by atoms with Crippen LogP contribution in [0.5, 0.6) is 0 Å². The Morgan fingerprint density at radius 3 is 2.65 bits per heavy atom. The molecular weight excluding hydrogens is 286 g/mol. The maximum absolute atomic E-state index is 10.8. The van der Waals surface area contributed by atoms with Gasteiger partial charge < -0.3 is 5.11 Å². The van der Waals surface area contributed by atoms with E-state index in [0.29, 0.717) is 13.1 Å². The van der Waals surface area contributed by atoms with Gasteiger partial charge in [-0.2, -0.15) is 5.10 Å². The van der Waals surface area contributed by atoms with Crippen molar-refractivity contribution in [2.24, 2.45) is 13.0 Å². The summed E-state index contributed by atoms with van der Waals surface area (Å²) in [6, 6.07) is 0. The first-order chi connectivity index (χ1) is 7.82. The highest BCUT2D eigenvalue weighted by molar-refractivity contribution is 9.10. The van der Waals surface area contributed by atoms with Gasteiger partial charge in [-0.3, -0.25) is 14.4 Å². The summed E-state index contributed by atoms with van der Waals surface area (Å²) < 4.78 is 2.82. The summed E-state index contributed by atoms with van der Waals surface area (Å²) in [6.45, 7) is 4.84. The van der Waals surface area contributed by atoms with E-state index in [1.165, 1.54) is 0 Å². The molecule has 1 atom stereocenters. The van der Waals surface area contributed by atoms with E-state index in [-0.39, 0.29) is 5.92 Å². The van der Waals surface area contributed by atoms with Gasteiger partial charge in [-0.05, 0) is 29.9 Å². The minimum atomic E-state index is -0.767. The van der Waals surface area contributed by atoms with Gasteiger partial charge in [0.1, 0.15) is 0 Å². The minimum absolute atomic E-state index is 0.368. The molecule has 96 valence electrons. The summed E-state index contributed by atoms with van der Waals surface area (Å²) in [5, 5.41) is 13.2. The Labute approximate surface area is 110 Å². The van der Waals surface area contributed by atoms with Crippen molar-refractivity contribution in [2.75, 3.05) is 13.6 Å². The van der Waals surface area contributed by atoms with Crippen LogP contribution >= 0.6 is 15.9 Å². The first kappa shape index (κ1) is 14.2. The topological polar surface area (TPSA) is 58.4 Å². The fraction of sp³-hybridized carbons (Fsp3) is 0.636. The zero-order chi connectivity index (χ0) is 13.2.